The number of rotatable bonds is 12. The lowest BCUT2D eigenvalue weighted by Gasteiger charge is -2.29. The van der Waals surface area contributed by atoms with Gasteiger partial charge in [0.1, 0.15) is 0 Å². The first-order valence-corrected chi connectivity index (χ1v) is 9.25. The molecule has 0 radical (unpaired) electrons. The largest absolute Gasteiger partial charge is 0.500 e. The molecular formula is C13H31NO3Si. The lowest BCUT2D eigenvalue weighted by atomic mass is 10.4. The van der Waals surface area contributed by atoms with E-state index in [1.165, 1.54) is 0 Å². The number of nitrogens with zero attached hydrogens (tertiary/aromatic N) is 1. The number of hydrogen-bond donors (Lipinski definition) is 0. The van der Waals surface area contributed by atoms with Gasteiger partial charge in [-0.25, -0.2) is 0 Å². The minimum absolute atomic E-state index is 0.664. The standard InChI is InChI=1S/C13H31NO3Si/c1-6-14(7-2)12-11-13-18(15-8-3,16-9-4)17-10-5/h6-13H2,1-5H3. The van der Waals surface area contributed by atoms with Crippen molar-refractivity contribution in [2.75, 3.05) is 39.5 Å². The molecule has 0 rings (SSSR count). The van der Waals surface area contributed by atoms with Crippen LogP contribution < -0.4 is 0 Å². The zero-order valence-corrected chi connectivity index (χ0v) is 13.8. The van der Waals surface area contributed by atoms with Crippen LogP contribution >= 0.6 is 0 Å². The van der Waals surface area contributed by atoms with Crippen LogP contribution in [0.1, 0.15) is 41.0 Å². The van der Waals surface area contributed by atoms with Crippen molar-refractivity contribution in [3.8, 4) is 0 Å². The van der Waals surface area contributed by atoms with E-state index in [9.17, 15) is 0 Å². The molecule has 0 aliphatic rings. The smallest absolute Gasteiger partial charge is 0.374 e. The molecule has 0 bridgehead atoms. The molecule has 0 N–H and O–H groups in total. The molecule has 0 fully saturated rings. The SMILES string of the molecule is CCO[Si](CCCN(CC)CC)(OCC)OCC. The quantitative estimate of drug-likeness (QED) is 0.513. The lowest BCUT2D eigenvalue weighted by molar-refractivity contribution is 0.0700. The number of hydrogen-bond acceptors (Lipinski definition) is 4. The molecule has 0 aromatic heterocycles. The summed E-state index contributed by atoms with van der Waals surface area (Å²) in [7, 11) is -2.41. The van der Waals surface area contributed by atoms with Gasteiger partial charge in [-0.3, -0.25) is 0 Å². The summed E-state index contributed by atoms with van der Waals surface area (Å²) in [6.45, 7) is 15.7. The van der Waals surface area contributed by atoms with Crippen LogP contribution in [-0.4, -0.2) is 53.2 Å². The Bertz CT molecular complexity index is 172. The highest BCUT2D eigenvalue weighted by atomic mass is 28.4. The topological polar surface area (TPSA) is 30.9 Å². The first kappa shape index (κ1) is 18.1. The Kier molecular flexibility index (Phi) is 11.0. The molecule has 0 aromatic carbocycles. The highest BCUT2D eigenvalue weighted by molar-refractivity contribution is 6.60. The Morgan fingerprint density at radius 2 is 1.22 bits per heavy atom. The van der Waals surface area contributed by atoms with Gasteiger partial charge in [0, 0.05) is 25.9 Å². The van der Waals surface area contributed by atoms with Gasteiger partial charge in [0.25, 0.3) is 0 Å². The summed E-state index contributed by atoms with van der Waals surface area (Å²) >= 11 is 0. The van der Waals surface area contributed by atoms with Crippen LogP contribution in [0.5, 0.6) is 0 Å². The Hall–Kier alpha value is 0.0569. The van der Waals surface area contributed by atoms with Crippen molar-refractivity contribution in [3.05, 3.63) is 0 Å². The molecule has 0 unspecified atom stereocenters. The molecule has 0 saturated carbocycles. The molecule has 4 nitrogen and oxygen atoms in total. The maximum Gasteiger partial charge on any atom is 0.500 e. The molecule has 5 heteroatoms. The van der Waals surface area contributed by atoms with E-state index in [1.54, 1.807) is 0 Å². The van der Waals surface area contributed by atoms with Crippen molar-refractivity contribution < 1.29 is 13.3 Å². The zero-order chi connectivity index (χ0) is 13.9. The van der Waals surface area contributed by atoms with Crippen molar-refractivity contribution in [2.45, 2.75) is 47.1 Å². The summed E-state index contributed by atoms with van der Waals surface area (Å²) in [5, 5.41) is 0. The summed E-state index contributed by atoms with van der Waals surface area (Å²) in [6, 6.07) is 0.916. The van der Waals surface area contributed by atoms with Gasteiger partial charge in [0.2, 0.25) is 0 Å². The van der Waals surface area contributed by atoms with Gasteiger partial charge in [-0.05, 0) is 46.8 Å². The minimum Gasteiger partial charge on any atom is -0.374 e. The predicted molar refractivity (Wildman–Crippen MR) is 77.8 cm³/mol. The molecule has 0 aliphatic carbocycles. The molecule has 0 spiro atoms. The van der Waals surface area contributed by atoms with Gasteiger partial charge in [0.15, 0.2) is 0 Å². The second kappa shape index (κ2) is 10.9. The summed E-state index contributed by atoms with van der Waals surface area (Å²) < 4.78 is 17.5. The van der Waals surface area contributed by atoms with Crippen LogP contribution in [0.2, 0.25) is 6.04 Å². The fourth-order valence-electron chi connectivity index (χ4n) is 2.06. The van der Waals surface area contributed by atoms with Crippen LogP contribution in [0.15, 0.2) is 0 Å². The molecule has 0 aromatic rings. The maximum absolute atomic E-state index is 5.84. The van der Waals surface area contributed by atoms with E-state index < -0.39 is 8.80 Å². The third-order valence-electron chi connectivity index (χ3n) is 2.94. The summed E-state index contributed by atoms with van der Waals surface area (Å²) in [5.74, 6) is 0. The van der Waals surface area contributed by atoms with E-state index in [2.05, 4.69) is 18.7 Å². The zero-order valence-electron chi connectivity index (χ0n) is 12.8. The minimum atomic E-state index is -2.41. The van der Waals surface area contributed by atoms with E-state index in [-0.39, 0.29) is 0 Å². The Morgan fingerprint density at radius 1 is 0.778 bits per heavy atom. The van der Waals surface area contributed by atoms with Crippen molar-refractivity contribution in [3.63, 3.8) is 0 Å². The summed E-state index contributed by atoms with van der Waals surface area (Å²) in [6.07, 6.45) is 1.08. The molecule has 0 heterocycles. The van der Waals surface area contributed by atoms with E-state index in [1.807, 2.05) is 20.8 Å². The second-order valence-electron chi connectivity index (χ2n) is 4.11. The van der Waals surface area contributed by atoms with E-state index in [0.29, 0.717) is 19.8 Å². The van der Waals surface area contributed by atoms with Gasteiger partial charge in [-0.1, -0.05) is 13.8 Å². The van der Waals surface area contributed by atoms with Crippen molar-refractivity contribution in [1.82, 2.24) is 4.90 Å². The fourth-order valence-corrected chi connectivity index (χ4v) is 4.65. The van der Waals surface area contributed by atoms with Crippen molar-refractivity contribution in [1.29, 1.82) is 0 Å². The Balaban J connectivity index is 4.28. The Labute approximate surface area is 114 Å². The molecule has 0 atom stereocenters. The van der Waals surface area contributed by atoms with Crippen LogP contribution in [0.3, 0.4) is 0 Å². The predicted octanol–water partition coefficient (Wildman–Crippen LogP) is 2.77. The normalized spacial score (nSPS) is 12.3. The summed E-state index contributed by atoms with van der Waals surface area (Å²) in [4.78, 5) is 2.42. The first-order chi connectivity index (χ1) is 8.67. The van der Waals surface area contributed by atoms with Crippen molar-refractivity contribution in [2.24, 2.45) is 0 Å². The van der Waals surface area contributed by atoms with Crippen molar-refractivity contribution >= 4 is 8.80 Å². The lowest BCUT2D eigenvalue weighted by Crippen LogP contribution is -2.46. The molecule has 0 aliphatic heterocycles. The summed E-state index contributed by atoms with van der Waals surface area (Å²) in [5.41, 5.74) is 0. The average Bonchev–Trinajstić information content (AvgIpc) is 2.36. The molecule has 18 heavy (non-hydrogen) atoms. The van der Waals surface area contributed by atoms with Gasteiger partial charge in [-0.15, -0.1) is 0 Å². The third kappa shape index (κ3) is 6.85. The highest BCUT2D eigenvalue weighted by Gasteiger charge is 2.39. The third-order valence-corrected chi connectivity index (χ3v) is 6.10. The average molecular weight is 277 g/mol. The molecular weight excluding hydrogens is 246 g/mol. The van der Waals surface area contributed by atoms with Gasteiger partial charge in [-0.2, -0.15) is 0 Å². The highest BCUT2D eigenvalue weighted by Crippen LogP contribution is 2.18. The fraction of sp³-hybridized carbons (Fsp3) is 1.00. The molecule has 110 valence electrons. The monoisotopic (exact) mass is 277 g/mol. The van der Waals surface area contributed by atoms with Gasteiger partial charge < -0.3 is 18.2 Å². The van der Waals surface area contributed by atoms with E-state index in [0.717, 1.165) is 32.1 Å². The van der Waals surface area contributed by atoms with E-state index in [4.69, 9.17) is 13.3 Å². The van der Waals surface area contributed by atoms with E-state index >= 15 is 0 Å². The van der Waals surface area contributed by atoms with Crippen LogP contribution in [-0.2, 0) is 13.3 Å². The van der Waals surface area contributed by atoms with Gasteiger partial charge in [0.05, 0.1) is 0 Å². The van der Waals surface area contributed by atoms with Crippen LogP contribution in [0, 0.1) is 0 Å². The maximum atomic E-state index is 5.84. The Morgan fingerprint density at radius 3 is 1.56 bits per heavy atom. The van der Waals surface area contributed by atoms with Crippen LogP contribution in [0.4, 0.5) is 0 Å². The first-order valence-electron chi connectivity index (χ1n) is 7.32. The second-order valence-corrected chi connectivity index (χ2v) is 6.84. The van der Waals surface area contributed by atoms with Gasteiger partial charge >= 0.3 is 8.80 Å². The molecule has 0 amide bonds. The molecule has 0 saturated heterocycles. The van der Waals surface area contributed by atoms with Crippen LogP contribution in [0.25, 0.3) is 0 Å².